The van der Waals surface area contributed by atoms with Crippen LogP contribution >= 0.6 is 0 Å². The number of pyridine rings is 1. The zero-order valence-electron chi connectivity index (χ0n) is 12.2. The first-order valence-corrected chi connectivity index (χ1v) is 6.76. The molecular formula is C17H12N2O4. The summed E-state index contributed by atoms with van der Waals surface area (Å²) in [4.78, 5) is 28.9. The Bertz CT molecular complexity index is 869. The number of aromatic nitrogens is 1. The molecule has 0 amide bonds. The van der Waals surface area contributed by atoms with E-state index in [1.54, 1.807) is 30.3 Å². The number of carbonyl (C=O) groups is 2. The van der Waals surface area contributed by atoms with Crippen LogP contribution in [0.15, 0.2) is 53.9 Å². The number of allylic oxidation sites excluding steroid dienone is 2. The highest BCUT2D eigenvalue weighted by molar-refractivity contribution is 6.39. The molecule has 2 N–H and O–H groups in total. The summed E-state index contributed by atoms with van der Waals surface area (Å²) in [6.07, 6.45) is 1.32. The lowest BCUT2D eigenvalue weighted by Gasteiger charge is -2.19. The van der Waals surface area contributed by atoms with Gasteiger partial charge in [-0.05, 0) is 6.07 Å². The second kappa shape index (κ2) is 5.49. The smallest absolute Gasteiger partial charge is 0.247 e. The standard InChI is InChI=1S/C17H12N2O4/c1-23-10-7-8-19-14-11(10)15(20)12(16(21)17(14)22)13(18)9-5-3-2-4-6-9/h2-8,18,21H,1H3. The molecule has 3 rings (SSSR count). The van der Waals surface area contributed by atoms with Gasteiger partial charge in [0.25, 0.3) is 0 Å². The minimum atomic E-state index is -0.797. The minimum Gasteiger partial charge on any atom is -0.503 e. The van der Waals surface area contributed by atoms with Gasteiger partial charge in [0.15, 0.2) is 5.76 Å². The van der Waals surface area contributed by atoms with Crippen LogP contribution in [0.2, 0.25) is 0 Å². The van der Waals surface area contributed by atoms with Crippen LogP contribution < -0.4 is 4.74 Å². The molecule has 6 heteroatoms. The molecule has 1 heterocycles. The fourth-order valence-corrected chi connectivity index (χ4v) is 2.45. The van der Waals surface area contributed by atoms with Gasteiger partial charge in [-0.2, -0.15) is 0 Å². The van der Waals surface area contributed by atoms with E-state index in [-0.39, 0.29) is 28.3 Å². The van der Waals surface area contributed by atoms with Gasteiger partial charge < -0.3 is 9.84 Å². The summed E-state index contributed by atoms with van der Waals surface area (Å²) in [5.41, 5.74) is -0.357. The molecule has 1 aliphatic carbocycles. The van der Waals surface area contributed by atoms with Gasteiger partial charge in [0.1, 0.15) is 11.4 Å². The zero-order chi connectivity index (χ0) is 16.6. The monoisotopic (exact) mass is 308 g/mol. The number of methoxy groups -OCH3 is 1. The van der Waals surface area contributed by atoms with Crippen molar-refractivity contribution < 1.29 is 19.4 Å². The third-order valence-electron chi connectivity index (χ3n) is 3.57. The number of aliphatic hydroxyl groups excluding tert-OH is 1. The van der Waals surface area contributed by atoms with Gasteiger partial charge in [0.05, 0.1) is 24.0 Å². The summed E-state index contributed by atoms with van der Waals surface area (Å²) in [5, 5.41) is 18.3. The van der Waals surface area contributed by atoms with E-state index in [0.29, 0.717) is 5.56 Å². The molecule has 0 radical (unpaired) electrons. The Labute approximate surface area is 131 Å². The summed E-state index contributed by atoms with van der Waals surface area (Å²) < 4.78 is 5.11. The van der Waals surface area contributed by atoms with E-state index in [0.717, 1.165) is 0 Å². The fourth-order valence-electron chi connectivity index (χ4n) is 2.45. The number of fused-ring (bicyclic) bond motifs is 1. The highest BCUT2D eigenvalue weighted by Crippen LogP contribution is 2.31. The van der Waals surface area contributed by atoms with Gasteiger partial charge in [-0.25, -0.2) is 0 Å². The molecule has 0 fully saturated rings. The van der Waals surface area contributed by atoms with E-state index in [2.05, 4.69) is 4.98 Å². The lowest BCUT2D eigenvalue weighted by molar-refractivity contribution is 0.0927. The van der Waals surface area contributed by atoms with E-state index in [1.807, 2.05) is 0 Å². The van der Waals surface area contributed by atoms with E-state index in [1.165, 1.54) is 19.4 Å². The molecule has 23 heavy (non-hydrogen) atoms. The molecule has 0 aliphatic heterocycles. The van der Waals surface area contributed by atoms with E-state index in [9.17, 15) is 14.7 Å². The Kier molecular flexibility index (Phi) is 3.50. The number of ether oxygens (including phenoxy) is 1. The number of nitrogens with zero attached hydrogens (tertiary/aromatic N) is 1. The Hall–Kier alpha value is -3.28. The zero-order valence-corrected chi connectivity index (χ0v) is 12.2. The average Bonchev–Trinajstić information content (AvgIpc) is 2.59. The maximum Gasteiger partial charge on any atom is 0.247 e. The maximum absolute atomic E-state index is 12.7. The van der Waals surface area contributed by atoms with Crippen LogP contribution in [-0.2, 0) is 0 Å². The molecule has 114 valence electrons. The molecule has 1 aromatic carbocycles. The summed E-state index contributed by atoms with van der Waals surface area (Å²) in [6.45, 7) is 0. The van der Waals surface area contributed by atoms with Crippen molar-refractivity contribution in [1.29, 1.82) is 5.41 Å². The molecular weight excluding hydrogens is 296 g/mol. The summed E-state index contributed by atoms with van der Waals surface area (Å²) in [6, 6.07) is 9.86. The fraction of sp³-hybridized carbons (Fsp3) is 0.0588. The quantitative estimate of drug-likeness (QED) is 0.848. The Morgan fingerprint density at radius 1 is 1.13 bits per heavy atom. The molecule has 0 unspecified atom stereocenters. The number of rotatable bonds is 3. The van der Waals surface area contributed by atoms with Gasteiger partial charge in [0, 0.05) is 11.8 Å². The number of aliphatic hydroxyl groups is 1. The summed E-state index contributed by atoms with van der Waals surface area (Å²) in [5.74, 6) is -2.04. The number of Topliss-reactive ketones (excluding diaryl/α,β-unsaturated/α-hetero) is 2. The van der Waals surface area contributed by atoms with Crippen LogP contribution in [0.4, 0.5) is 0 Å². The minimum absolute atomic E-state index is 0.0338. The number of ketones is 2. The highest BCUT2D eigenvalue weighted by Gasteiger charge is 2.37. The average molecular weight is 308 g/mol. The van der Waals surface area contributed by atoms with Crippen molar-refractivity contribution in [2.75, 3.05) is 7.11 Å². The number of hydrogen-bond donors (Lipinski definition) is 2. The number of hydrogen-bond acceptors (Lipinski definition) is 6. The summed E-state index contributed by atoms with van der Waals surface area (Å²) >= 11 is 0. The lowest BCUT2D eigenvalue weighted by atomic mass is 9.86. The van der Waals surface area contributed by atoms with Crippen molar-refractivity contribution in [3.8, 4) is 5.75 Å². The predicted octanol–water partition coefficient (Wildman–Crippen LogP) is 2.35. The van der Waals surface area contributed by atoms with E-state index < -0.39 is 17.3 Å². The maximum atomic E-state index is 12.7. The van der Waals surface area contributed by atoms with Gasteiger partial charge in [0.2, 0.25) is 11.6 Å². The first-order chi connectivity index (χ1) is 11.1. The van der Waals surface area contributed by atoms with Gasteiger partial charge in [-0.15, -0.1) is 0 Å². The third-order valence-corrected chi connectivity index (χ3v) is 3.57. The Morgan fingerprint density at radius 3 is 2.48 bits per heavy atom. The molecule has 0 atom stereocenters. The molecule has 0 saturated heterocycles. The van der Waals surface area contributed by atoms with E-state index >= 15 is 0 Å². The van der Waals surface area contributed by atoms with Crippen LogP contribution in [-0.4, -0.2) is 34.5 Å². The molecule has 1 aliphatic rings. The second-order valence-electron chi connectivity index (χ2n) is 4.86. The van der Waals surface area contributed by atoms with Crippen molar-refractivity contribution in [2.24, 2.45) is 0 Å². The largest absolute Gasteiger partial charge is 0.503 e. The normalized spacial score (nSPS) is 13.8. The van der Waals surface area contributed by atoms with Crippen LogP contribution in [0, 0.1) is 5.41 Å². The molecule has 0 saturated carbocycles. The van der Waals surface area contributed by atoms with Crippen LogP contribution in [0.1, 0.15) is 26.4 Å². The SMILES string of the molecule is COc1ccnc2c1C(=O)C(C(=N)c1ccccc1)=C(O)C2=O. The van der Waals surface area contributed by atoms with Crippen LogP contribution in [0.5, 0.6) is 5.75 Å². The molecule has 0 spiro atoms. The van der Waals surface area contributed by atoms with Crippen molar-refractivity contribution in [1.82, 2.24) is 4.98 Å². The van der Waals surface area contributed by atoms with E-state index in [4.69, 9.17) is 10.1 Å². The van der Waals surface area contributed by atoms with Gasteiger partial charge >= 0.3 is 0 Å². The van der Waals surface area contributed by atoms with Gasteiger partial charge in [-0.3, -0.25) is 20.0 Å². The summed E-state index contributed by atoms with van der Waals surface area (Å²) in [7, 11) is 1.37. The number of benzene rings is 1. The van der Waals surface area contributed by atoms with Crippen LogP contribution in [0.25, 0.3) is 0 Å². The first kappa shape index (κ1) is 14.6. The van der Waals surface area contributed by atoms with Crippen molar-refractivity contribution in [3.63, 3.8) is 0 Å². The highest BCUT2D eigenvalue weighted by atomic mass is 16.5. The lowest BCUT2D eigenvalue weighted by Crippen LogP contribution is -2.28. The number of nitrogens with one attached hydrogen (secondary N) is 1. The van der Waals surface area contributed by atoms with Crippen molar-refractivity contribution in [3.05, 3.63) is 70.7 Å². The molecule has 1 aromatic heterocycles. The van der Waals surface area contributed by atoms with Crippen molar-refractivity contribution in [2.45, 2.75) is 0 Å². The number of carbonyl (C=O) groups excluding carboxylic acids is 2. The molecule has 0 bridgehead atoms. The Balaban J connectivity index is 2.19. The predicted molar refractivity (Wildman–Crippen MR) is 82.4 cm³/mol. The van der Waals surface area contributed by atoms with Crippen molar-refractivity contribution >= 4 is 17.3 Å². The first-order valence-electron chi connectivity index (χ1n) is 6.76. The molecule has 6 nitrogen and oxygen atoms in total. The Morgan fingerprint density at radius 2 is 1.83 bits per heavy atom. The topological polar surface area (TPSA) is 100 Å². The van der Waals surface area contributed by atoms with Gasteiger partial charge in [-0.1, -0.05) is 30.3 Å². The third kappa shape index (κ3) is 2.20. The molecule has 2 aromatic rings. The second-order valence-corrected chi connectivity index (χ2v) is 4.86. The van der Waals surface area contributed by atoms with Crippen LogP contribution in [0.3, 0.4) is 0 Å².